The van der Waals surface area contributed by atoms with Crippen LogP contribution < -0.4 is 5.32 Å². The van der Waals surface area contributed by atoms with Gasteiger partial charge in [-0.3, -0.25) is 9.36 Å². The molecule has 0 unspecified atom stereocenters. The number of imidazole rings is 1. The molecule has 1 N–H and O–H groups in total. The van der Waals surface area contributed by atoms with E-state index >= 15 is 0 Å². The van der Waals surface area contributed by atoms with Crippen molar-refractivity contribution in [2.75, 3.05) is 11.9 Å². The largest absolute Gasteiger partial charge is 0.457 e. The summed E-state index contributed by atoms with van der Waals surface area (Å²) in [4.78, 5) is 36.8. The van der Waals surface area contributed by atoms with E-state index in [0.29, 0.717) is 16.7 Å². The molecule has 0 saturated heterocycles. The Labute approximate surface area is 188 Å². The first kappa shape index (κ1) is 22.1. The molecule has 0 aliphatic carbocycles. The molecule has 2 aromatic heterocycles. The fourth-order valence-electron chi connectivity index (χ4n) is 3.16. The van der Waals surface area contributed by atoms with Crippen LogP contribution in [0, 0.1) is 18.3 Å². The van der Waals surface area contributed by atoms with Crippen LogP contribution in [0.2, 0.25) is 0 Å². The highest BCUT2D eigenvalue weighted by atomic mass is 19.1. The number of hydrogen-bond donors (Lipinski definition) is 1. The lowest BCUT2D eigenvalue weighted by Crippen LogP contribution is -2.36. The van der Waals surface area contributed by atoms with Gasteiger partial charge in [-0.2, -0.15) is 0 Å². The summed E-state index contributed by atoms with van der Waals surface area (Å²) >= 11 is 0. The molecule has 0 spiro atoms. The lowest BCUT2D eigenvalue weighted by atomic mass is 10.1. The van der Waals surface area contributed by atoms with Gasteiger partial charge in [0.05, 0.1) is 11.9 Å². The van der Waals surface area contributed by atoms with Crippen LogP contribution in [0.5, 0.6) is 0 Å². The van der Waals surface area contributed by atoms with Gasteiger partial charge in [-0.15, -0.1) is 6.42 Å². The van der Waals surface area contributed by atoms with Crippen molar-refractivity contribution in [1.29, 1.82) is 0 Å². The lowest BCUT2D eigenvalue weighted by molar-refractivity contribution is -0.118. The van der Waals surface area contributed by atoms with Crippen LogP contribution >= 0.6 is 0 Å². The standard InChI is InChI=1S/C23H20FN5O4/c1-4-23(11-32-22(31)15-8-6-5-7-9-15)16(24)10-17(33-23)29-13-27-18-19(25-12-26-20(18)29)28-21(30)14(2)3/h1,5-10,12-14,17H,11H2,2-3H3,(H,25,26,28,30)/t17-,23-/m0/s1. The molecule has 4 rings (SSSR count). The minimum absolute atomic E-state index is 0.222. The van der Waals surface area contributed by atoms with E-state index in [4.69, 9.17) is 15.9 Å². The number of amides is 1. The Bertz CT molecular complexity index is 1280. The van der Waals surface area contributed by atoms with Crippen molar-refractivity contribution in [3.05, 3.63) is 60.5 Å². The first-order valence-electron chi connectivity index (χ1n) is 10.1. The van der Waals surface area contributed by atoms with Gasteiger partial charge in [-0.05, 0) is 12.1 Å². The zero-order chi connectivity index (χ0) is 23.6. The van der Waals surface area contributed by atoms with Crippen molar-refractivity contribution in [3.63, 3.8) is 0 Å². The number of benzene rings is 1. The second-order valence-electron chi connectivity index (χ2n) is 7.63. The number of terminal acetylenes is 1. The monoisotopic (exact) mass is 449 g/mol. The van der Waals surface area contributed by atoms with Gasteiger partial charge >= 0.3 is 5.97 Å². The van der Waals surface area contributed by atoms with Crippen molar-refractivity contribution >= 4 is 28.9 Å². The zero-order valence-corrected chi connectivity index (χ0v) is 17.9. The molecule has 3 heterocycles. The maximum Gasteiger partial charge on any atom is 0.338 e. The zero-order valence-electron chi connectivity index (χ0n) is 17.9. The van der Waals surface area contributed by atoms with E-state index in [-0.39, 0.29) is 17.6 Å². The summed E-state index contributed by atoms with van der Waals surface area (Å²) in [5, 5.41) is 2.69. The fourth-order valence-corrected chi connectivity index (χ4v) is 3.16. The van der Waals surface area contributed by atoms with E-state index in [1.807, 2.05) is 0 Å². The minimum atomic E-state index is -1.90. The molecule has 1 aliphatic rings. The summed E-state index contributed by atoms with van der Waals surface area (Å²) in [7, 11) is 0. The molecule has 1 amide bonds. The number of nitrogens with one attached hydrogen (secondary N) is 1. The van der Waals surface area contributed by atoms with Crippen LogP contribution in [-0.4, -0.2) is 43.6 Å². The third-order valence-corrected chi connectivity index (χ3v) is 5.04. The van der Waals surface area contributed by atoms with Crippen LogP contribution in [0.3, 0.4) is 0 Å². The number of halogens is 1. The van der Waals surface area contributed by atoms with Gasteiger partial charge in [0.15, 0.2) is 23.2 Å². The number of nitrogens with zero attached hydrogens (tertiary/aromatic N) is 4. The van der Waals surface area contributed by atoms with E-state index in [2.05, 4.69) is 26.2 Å². The van der Waals surface area contributed by atoms with Gasteiger partial charge in [0.2, 0.25) is 11.5 Å². The molecule has 10 heteroatoms. The number of aromatic nitrogens is 4. The molecule has 1 aliphatic heterocycles. The van der Waals surface area contributed by atoms with Crippen LogP contribution in [-0.2, 0) is 14.3 Å². The number of carbonyl (C=O) groups excluding carboxylic acids is 2. The number of rotatable bonds is 6. The summed E-state index contributed by atoms with van der Waals surface area (Å²) in [6.45, 7) is 2.97. The minimum Gasteiger partial charge on any atom is -0.457 e. The SMILES string of the molecule is C#C[C@@]1(COC(=O)c2ccccc2)O[C@H](n2cnc3c(NC(=O)C(C)C)ncnc32)C=C1F. The van der Waals surface area contributed by atoms with E-state index in [0.717, 1.165) is 6.08 Å². The Morgan fingerprint density at radius 1 is 1.30 bits per heavy atom. The van der Waals surface area contributed by atoms with E-state index < -0.39 is 30.2 Å². The highest BCUT2D eigenvalue weighted by Gasteiger charge is 2.45. The van der Waals surface area contributed by atoms with Crippen LogP contribution in [0.15, 0.2) is 54.9 Å². The average Bonchev–Trinajstić information content (AvgIpc) is 3.40. The molecule has 1 aromatic carbocycles. The van der Waals surface area contributed by atoms with Crippen molar-refractivity contribution in [1.82, 2.24) is 19.5 Å². The molecule has 9 nitrogen and oxygen atoms in total. The van der Waals surface area contributed by atoms with Crippen molar-refractivity contribution < 1.29 is 23.5 Å². The van der Waals surface area contributed by atoms with Gasteiger partial charge in [0.25, 0.3) is 0 Å². The molecule has 33 heavy (non-hydrogen) atoms. The van der Waals surface area contributed by atoms with Crippen LogP contribution in [0.25, 0.3) is 11.2 Å². The Kier molecular flexibility index (Phi) is 5.89. The highest BCUT2D eigenvalue weighted by molar-refractivity contribution is 5.97. The summed E-state index contributed by atoms with van der Waals surface area (Å²) < 4.78 is 27.4. The van der Waals surface area contributed by atoms with Crippen LogP contribution in [0.4, 0.5) is 10.2 Å². The Morgan fingerprint density at radius 2 is 2.06 bits per heavy atom. The van der Waals surface area contributed by atoms with Gasteiger partial charge in [-0.25, -0.2) is 24.1 Å². The van der Waals surface area contributed by atoms with Gasteiger partial charge in [-0.1, -0.05) is 38.0 Å². The van der Waals surface area contributed by atoms with Gasteiger partial charge < -0.3 is 14.8 Å². The fraction of sp³-hybridized carbons (Fsp3) is 0.261. The van der Waals surface area contributed by atoms with Gasteiger partial charge in [0.1, 0.15) is 18.8 Å². The Balaban J connectivity index is 1.56. The molecular weight excluding hydrogens is 429 g/mol. The molecule has 3 aromatic rings. The molecule has 168 valence electrons. The molecule has 0 radical (unpaired) electrons. The third kappa shape index (κ3) is 4.18. The lowest BCUT2D eigenvalue weighted by Gasteiger charge is -2.24. The van der Waals surface area contributed by atoms with Gasteiger partial charge in [0, 0.05) is 12.0 Å². The predicted molar refractivity (Wildman–Crippen MR) is 116 cm³/mol. The van der Waals surface area contributed by atoms with E-state index in [9.17, 15) is 14.0 Å². The molecular formula is C23H20FN5O4. The topological polar surface area (TPSA) is 108 Å². The van der Waals surface area contributed by atoms with Crippen LogP contribution in [0.1, 0.15) is 30.4 Å². The quantitative estimate of drug-likeness (QED) is 0.455. The average molecular weight is 449 g/mol. The summed E-state index contributed by atoms with van der Waals surface area (Å²) in [6, 6.07) is 8.26. The number of esters is 1. The first-order valence-corrected chi connectivity index (χ1v) is 10.1. The van der Waals surface area contributed by atoms with E-state index in [1.165, 1.54) is 17.2 Å². The normalized spacial score (nSPS) is 19.8. The summed E-state index contributed by atoms with van der Waals surface area (Å²) in [5.74, 6) is 0.547. The number of hydrogen-bond acceptors (Lipinski definition) is 7. The summed E-state index contributed by atoms with van der Waals surface area (Å²) in [6.07, 6.45) is 8.35. The second-order valence-corrected chi connectivity index (χ2v) is 7.63. The third-order valence-electron chi connectivity index (χ3n) is 5.04. The molecule has 0 fully saturated rings. The number of carbonyl (C=O) groups is 2. The van der Waals surface area contributed by atoms with Crippen molar-refractivity contribution in [2.45, 2.75) is 25.7 Å². The second kappa shape index (κ2) is 8.80. The molecule has 2 atom stereocenters. The smallest absolute Gasteiger partial charge is 0.338 e. The molecule has 0 saturated carbocycles. The summed E-state index contributed by atoms with van der Waals surface area (Å²) in [5.41, 5.74) is -0.991. The molecule has 0 bridgehead atoms. The van der Waals surface area contributed by atoms with E-state index in [1.54, 1.807) is 44.2 Å². The number of anilines is 1. The Hall–Kier alpha value is -4.10. The first-order chi connectivity index (χ1) is 15.8. The predicted octanol–water partition coefficient (Wildman–Crippen LogP) is 3.03. The Morgan fingerprint density at radius 3 is 2.76 bits per heavy atom. The maximum atomic E-state index is 15.0. The number of fused-ring (bicyclic) bond motifs is 1. The highest BCUT2D eigenvalue weighted by Crippen LogP contribution is 2.38. The number of ether oxygens (including phenoxy) is 2. The maximum absolute atomic E-state index is 15.0. The van der Waals surface area contributed by atoms with Crippen molar-refractivity contribution in [3.8, 4) is 12.3 Å². The van der Waals surface area contributed by atoms with Crippen molar-refractivity contribution in [2.24, 2.45) is 5.92 Å².